The normalized spacial score (nSPS) is 10.2. The van der Waals surface area contributed by atoms with Gasteiger partial charge in [0, 0.05) is 17.3 Å². The molecule has 0 aliphatic carbocycles. The molecule has 24 heavy (non-hydrogen) atoms. The Morgan fingerprint density at radius 1 is 1.00 bits per heavy atom. The van der Waals surface area contributed by atoms with Gasteiger partial charge < -0.3 is 10.6 Å². The number of hydrogen-bond donors (Lipinski definition) is 2. The molecule has 126 valence electrons. The van der Waals surface area contributed by atoms with Crippen LogP contribution in [0.1, 0.15) is 5.56 Å². The van der Waals surface area contributed by atoms with E-state index in [0.29, 0.717) is 17.3 Å². The molecule has 0 saturated carbocycles. The van der Waals surface area contributed by atoms with Crippen molar-refractivity contribution in [3.05, 3.63) is 64.9 Å². The lowest BCUT2D eigenvalue weighted by molar-refractivity contribution is -0.118. The zero-order valence-electron chi connectivity index (χ0n) is 12.7. The van der Waals surface area contributed by atoms with Gasteiger partial charge in [-0.1, -0.05) is 29.8 Å². The maximum Gasteiger partial charge on any atom is 0.234 e. The van der Waals surface area contributed by atoms with Crippen LogP contribution >= 0.6 is 23.4 Å². The number of benzene rings is 2. The van der Waals surface area contributed by atoms with Crippen molar-refractivity contribution in [2.24, 2.45) is 0 Å². The molecule has 0 atom stereocenters. The van der Waals surface area contributed by atoms with Gasteiger partial charge in [0.25, 0.3) is 0 Å². The number of hydrogen-bond acceptors (Lipinski definition) is 3. The van der Waals surface area contributed by atoms with E-state index in [1.807, 2.05) is 18.2 Å². The third-order valence-corrected chi connectivity index (χ3v) is 4.33. The summed E-state index contributed by atoms with van der Waals surface area (Å²) in [4.78, 5) is 23.5. The maximum absolute atomic E-state index is 12.8. The summed E-state index contributed by atoms with van der Waals surface area (Å²) in [6.45, 7) is 0.348. The predicted molar refractivity (Wildman–Crippen MR) is 95.7 cm³/mol. The van der Waals surface area contributed by atoms with E-state index in [2.05, 4.69) is 10.6 Å². The highest BCUT2D eigenvalue weighted by atomic mass is 35.5. The van der Waals surface area contributed by atoms with Gasteiger partial charge in [0.1, 0.15) is 5.82 Å². The van der Waals surface area contributed by atoms with Gasteiger partial charge >= 0.3 is 0 Å². The van der Waals surface area contributed by atoms with Gasteiger partial charge in [0.05, 0.1) is 11.5 Å². The van der Waals surface area contributed by atoms with Crippen molar-refractivity contribution in [1.82, 2.24) is 5.32 Å². The molecule has 0 bridgehead atoms. The van der Waals surface area contributed by atoms with E-state index >= 15 is 0 Å². The minimum absolute atomic E-state index is 0.136. The maximum atomic E-state index is 12.8. The number of rotatable bonds is 7. The van der Waals surface area contributed by atoms with Crippen molar-refractivity contribution in [3.8, 4) is 0 Å². The Morgan fingerprint density at radius 3 is 2.38 bits per heavy atom. The molecular formula is C17H16ClFN2O2S. The first-order chi connectivity index (χ1) is 11.5. The van der Waals surface area contributed by atoms with Gasteiger partial charge in [-0.05, 0) is 35.9 Å². The van der Waals surface area contributed by atoms with Gasteiger partial charge in [0.15, 0.2) is 0 Å². The van der Waals surface area contributed by atoms with Gasteiger partial charge in [-0.3, -0.25) is 9.59 Å². The molecule has 2 rings (SSSR count). The fourth-order valence-electron chi connectivity index (χ4n) is 1.85. The van der Waals surface area contributed by atoms with E-state index < -0.39 is 0 Å². The molecule has 0 spiro atoms. The molecule has 0 unspecified atom stereocenters. The number of halogens is 2. The van der Waals surface area contributed by atoms with E-state index in [-0.39, 0.29) is 29.1 Å². The van der Waals surface area contributed by atoms with Crippen molar-refractivity contribution in [3.63, 3.8) is 0 Å². The number of carbonyl (C=O) groups excluding carboxylic acids is 2. The second-order valence-corrected chi connectivity index (χ2v) is 6.31. The number of nitrogens with one attached hydrogen (secondary N) is 2. The minimum Gasteiger partial charge on any atom is -0.351 e. The van der Waals surface area contributed by atoms with Crippen molar-refractivity contribution >= 4 is 40.9 Å². The highest BCUT2D eigenvalue weighted by Gasteiger charge is 2.07. The zero-order valence-corrected chi connectivity index (χ0v) is 14.3. The molecule has 4 nitrogen and oxygen atoms in total. The van der Waals surface area contributed by atoms with Crippen LogP contribution in [0, 0.1) is 5.82 Å². The molecule has 0 fully saturated rings. The smallest absolute Gasteiger partial charge is 0.234 e. The van der Waals surface area contributed by atoms with E-state index in [9.17, 15) is 14.0 Å². The largest absolute Gasteiger partial charge is 0.351 e. The van der Waals surface area contributed by atoms with Crippen LogP contribution in [0.15, 0.2) is 48.5 Å². The van der Waals surface area contributed by atoms with Crippen LogP contribution in [0.25, 0.3) is 0 Å². The Morgan fingerprint density at radius 2 is 1.67 bits per heavy atom. The standard InChI is InChI=1S/C17H16ClFN2O2S/c18-15-4-2-1-3-12(15)9-20-16(22)10-24-11-17(23)21-14-7-5-13(19)6-8-14/h1-8H,9-11H2,(H,20,22)(H,21,23). The van der Waals surface area contributed by atoms with E-state index in [0.717, 1.165) is 5.56 Å². The second kappa shape index (κ2) is 9.30. The number of thioether (sulfide) groups is 1. The van der Waals surface area contributed by atoms with Crippen molar-refractivity contribution in [2.75, 3.05) is 16.8 Å². The monoisotopic (exact) mass is 366 g/mol. The molecule has 0 heterocycles. The highest BCUT2D eigenvalue weighted by molar-refractivity contribution is 8.00. The molecular weight excluding hydrogens is 351 g/mol. The van der Waals surface area contributed by atoms with Gasteiger partial charge in [-0.2, -0.15) is 0 Å². The Labute approximate surface area is 148 Å². The molecule has 0 radical (unpaired) electrons. The summed E-state index contributed by atoms with van der Waals surface area (Å²) in [5.41, 5.74) is 1.36. The zero-order chi connectivity index (χ0) is 17.4. The lowest BCUT2D eigenvalue weighted by Crippen LogP contribution is -2.25. The Bertz CT molecular complexity index is 710. The SMILES string of the molecule is O=C(CSCC(=O)Nc1ccc(F)cc1)NCc1ccccc1Cl. The molecule has 0 aliphatic heterocycles. The number of anilines is 1. The average molecular weight is 367 g/mol. The summed E-state index contributed by atoms with van der Waals surface area (Å²) < 4.78 is 12.8. The van der Waals surface area contributed by atoms with Crippen LogP contribution in [0.4, 0.5) is 10.1 Å². The first kappa shape index (κ1) is 18.3. The third kappa shape index (κ3) is 6.22. The molecule has 2 aromatic carbocycles. The lowest BCUT2D eigenvalue weighted by Gasteiger charge is -2.07. The molecule has 2 amide bonds. The second-order valence-electron chi connectivity index (χ2n) is 4.92. The summed E-state index contributed by atoms with van der Waals surface area (Å²) in [5.74, 6) is -0.476. The molecule has 2 aromatic rings. The Kier molecular flexibility index (Phi) is 7.08. The molecule has 2 N–H and O–H groups in total. The molecule has 0 aromatic heterocycles. The van der Waals surface area contributed by atoms with E-state index in [4.69, 9.17) is 11.6 Å². The van der Waals surface area contributed by atoms with Crippen molar-refractivity contribution in [2.45, 2.75) is 6.54 Å². The fourth-order valence-corrected chi connectivity index (χ4v) is 2.70. The first-order valence-corrected chi connectivity index (χ1v) is 8.71. The summed E-state index contributed by atoms with van der Waals surface area (Å²) in [6.07, 6.45) is 0. The van der Waals surface area contributed by atoms with Crippen molar-refractivity contribution in [1.29, 1.82) is 0 Å². The van der Waals surface area contributed by atoms with E-state index in [1.54, 1.807) is 6.07 Å². The summed E-state index contributed by atoms with van der Waals surface area (Å²) in [6, 6.07) is 12.8. The van der Waals surface area contributed by atoms with Crippen LogP contribution in [0.3, 0.4) is 0 Å². The predicted octanol–water partition coefficient (Wildman–Crippen LogP) is 3.47. The first-order valence-electron chi connectivity index (χ1n) is 7.18. The topological polar surface area (TPSA) is 58.2 Å². The third-order valence-electron chi connectivity index (χ3n) is 3.03. The molecule has 0 aliphatic rings. The lowest BCUT2D eigenvalue weighted by atomic mass is 10.2. The Hall–Kier alpha value is -2.05. The van der Waals surface area contributed by atoms with Crippen molar-refractivity contribution < 1.29 is 14.0 Å². The molecule has 0 saturated heterocycles. The van der Waals surface area contributed by atoms with Gasteiger partial charge in [-0.15, -0.1) is 11.8 Å². The summed E-state index contributed by atoms with van der Waals surface area (Å²) >= 11 is 7.21. The fraction of sp³-hybridized carbons (Fsp3) is 0.176. The minimum atomic E-state index is -0.363. The summed E-state index contributed by atoms with van der Waals surface area (Å²) in [7, 11) is 0. The van der Waals surface area contributed by atoms with Gasteiger partial charge in [0.2, 0.25) is 11.8 Å². The van der Waals surface area contributed by atoms with Crippen LogP contribution < -0.4 is 10.6 Å². The van der Waals surface area contributed by atoms with E-state index in [1.165, 1.54) is 36.0 Å². The van der Waals surface area contributed by atoms with Crippen LogP contribution in [0.2, 0.25) is 5.02 Å². The quantitative estimate of drug-likeness (QED) is 0.788. The molecule has 7 heteroatoms. The highest BCUT2D eigenvalue weighted by Crippen LogP contribution is 2.14. The van der Waals surface area contributed by atoms with Crippen LogP contribution in [-0.2, 0) is 16.1 Å². The van der Waals surface area contributed by atoms with Crippen LogP contribution in [-0.4, -0.2) is 23.3 Å². The van der Waals surface area contributed by atoms with Gasteiger partial charge in [-0.25, -0.2) is 4.39 Å². The van der Waals surface area contributed by atoms with Crippen LogP contribution in [0.5, 0.6) is 0 Å². The number of amides is 2. The number of carbonyl (C=O) groups is 2. The summed E-state index contributed by atoms with van der Waals surface area (Å²) in [5, 5.41) is 5.99. The average Bonchev–Trinajstić information content (AvgIpc) is 2.56. The Balaban J connectivity index is 1.66.